The predicted molar refractivity (Wildman–Crippen MR) is 31.7 cm³/mol. The van der Waals surface area contributed by atoms with Gasteiger partial charge in [-0.25, -0.2) is 0 Å². The van der Waals surface area contributed by atoms with E-state index in [1.54, 1.807) is 0 Å². The van der Waals surface area contributed by atoms with Gasteiger partial charge in [0.25, 0.3) is 0 Å². The summed E-state index contributed by atoms with van der Waals surface area (Å²) in [6, 6.07) is 0. The summed E-state index contributed by atoms with van der Waals surface area (Å²) in [4.78, 5) is 0. The molecule has 0 unspecified atom stereocenters. The average molecular weight is 299 g/mol. The summed E-state index contributed by atoms with van der Waals surface area (Å²) in [6.45, 7) is 0. The zero-order valence-electron chi connectivity index (χ0n) is 9.46. The van der Waals surface area contributed by atoms with Crippen LogP contribution in [0.5, 0.6) is 0 Å². The van der Waals surface area contributed by atoms with Gasteiger partial charge < -0.3 is 36.9 Å². The molecule has 0 spiro atoms. The van der Waals surface area contributed by atoms with Crippen molar-refractivity contribution in [1.29, 1.82) is 0 Å². The summed E-state index contributed by atoms with van der Waals surface area (Å²) in [5.41, 5.74) is 0. The van der Waals surface area contributed by atoms with Gasteiger partial charge in [-0.2, -0.15) is 0 Å². The molecule has 0 atom stereocenters. The van der Waals surface area contributed by atoms with E-state index < -0.39 is 0 Å². The van der Waals surface area contributed by atoms with Crippen LogP contribution in [0.1, 0.15) is 0 Å². The Kier molecular flexibility index (Phi) is 857. The summed E-state index contributed by atoms with van der Waals surface area (Å²) in [7, 11) is 0. The van der Waals surface area contributed by atoms with Crippen LogP contribution in [0, 0.1) is 0 Å². The van der Waals surface area contributed by atoms with Crippen molar-refractivity contribution in [2.24, 2.45) is 0 Å². The van der Waals surface area contributed by atoms with E-state index in [2.05, 4.69) is 0 Å². The smallest absolute Gasteiger partial charge is 0.693 e. The van der Waals surface area contributed by atoms with Gasteiger partial charge in [0.15, 0.2) is 0 Å². The van der Waals surface area contributed by atoms with Crippen molar-refractivity contribution in [2.45, 2.75) is 0 Å². The molecular weight excluding hydrogens is 286 g/mol. The van der Waals surface area contributed by atoms with Crippen molar-refractivity contribution in [3.8, 4) is 0 Å². The SMILES string of the molecule is [K+].[K+].[K+].[K+].[NH2-].[NH2-].[NH2-].[NH2-].[NH2-].[NH2-].[Na+].[Na+]. The third-order valence-electron chi connectivity index (χ3n) is 0. The van der Waals surface area contributed by atoms with Crippen LogP contribution in [0.25, 0.3) is 36.9 Å². The number of nitrogens with two attached hydrogens (primary N) is 6. The van der Waals surface area contributed by atoms with Crippen LogP contribution in [-0.4, -0.2) is 0 Å². The number of hydrogen-bond acceptors (Lipinski definition) is 0. The summed E-state index contributed by atoms with van der Waals surface area (Å²) in [5.74, 6) is 0. The summed E-state index contributed by atoms with van der Waals surface area (Å²) < 4.78 is 0. The van der Waals surface area contributed by atoms with E-state index in [0.717, 1.165) is 0 Å². The summed E-state index contributed by atoms with van der Waals surface area (Å²) >= 11 is 0. The Balaban J connectivity index is 0. The van der Waals surface area contributed by atoms with Crippen molar-refractivity contribution in [2.75, 3.05) is 0 Å². The summed E-state index contributed by atoms with van der Waals surface area (Å²) in [6.07, 6.45) is 0. The third kappa shape index (κ3) is 79.5. The van der Waals surface area contributed by atoms with Crippen LogP contribution < -0.4 is 265 Å². The molecule has 12 heavy (non-hydrogen) atoms. The van der Waals surface area contributed by atoms with Gasteiger partial charge in [0, 0.05) is 0 Å². The normalized spacial score (nSPS) is 0. The molecule has 0 saturated carbocycles. The molecule has 12 heteroatoms. The first-order valence-electron chi connectivity index (χ1n) is 0. The molecule has 0 amide bonds. The molecule has 0 aromatic carbocycles. The number of hydrogen-bond donors (Lipinski definition) is 0. The zero-order chi connectivity index (χ0) is 0. The fourth-order valence-electron chi connectivity index (χ4n) is 0. The van der Waals surface area contributed by atoms with Gasteiger partial charge in [-0.1, -0.05) is 0 Å². The molecule has 0 bridgehead atoms. The van der Waals surface area contributed by atoms with E-state index in [1.165, 1.54) is 0 Å². The van der Waals surface area contributed by atoms with Crippen LogP contribution in [0.3, 0.4) is 0 Å². The average Bonchev–Trinajstić information content (AvgIpc) is 0. The Morgan fingerprint density at radius 1 is 0.250 bits per heavy atom. The minimum absolute atomic E-state index is 0. The minimum Gasteiger partial charge on any atom is -0.693 e. The van der Waals surface area contributed by atoms with E-state index >= 15 is 0 Å². The van der Waals surface area contributed by atoms with Crippen LogP contribution in [0.4, 0.5) is 0 Å². The second kappa shape index (κ2) is 93.8. The maximum Gasteiger partial charge on any atom is 1.00 e. The molecule has 0 aliphatic carbocycles. The molecule has 12 N–H and O–H groups in total. The fraction of sp³-hybridized carbons (Fsp3) is 0. The Bertz CT molecular complexity index is 17.5. The first-order valence-corrected chi connectivity index (χ1v) is 0. The van der Waals surface area contributed by atoms with E-state index in [-0.39, 0.29) is 302 Å². The molecule has 0 saturated heterocycles. The maximum absolute atomic E-state index is 0. The topological polar surface area (TPSA) is 201 Å². The Labute approximate surface area is 291 Å². The Morgan fingerprint density at radius 2 is 0.250 bits per heavy atom. The van der Waals surface area contributed by atoms with Crippen molar-refractivity contribution < 1.29 is 265 Å². The van der Waals surface area contributed by atoms with Gasteiger partial charge in [0.1, 0.15) is 0 Å². The van der Waals surface area contributed by atoms with Gasteiger partial charge in [0.05, 0.1) is 0 Å². The second-order valence-corrected chi connectivity index (χ2v) is 0. The van der Waals surface area contributed by atoms with Crippen LogP contribution in [0.15, 0.2) is 0 Å². The molecule has 0 aliphatic rings. The third-order valence-corrected chi connectivity index (χ3v) is 0. The standard InChI is InChI=1S/4K.6H2N.2Na/h;;;;6*1H2;;/q4*+1;6*-1;2*+1. The van der Waals surface area contributed by atoms with Crippen molar-refractivity contribution in [3.63, 3.8) is 0 Å². The molecule has 0 fully saturated rings. The van der Waals surface area contributed by atoms with Gasteiger partial charge >= 0.3 is 265 Å². The fourth-order valence-corrected chi connectivity index (χ4v) is 0. The van der Waals surface area contributed by atoms with Crippen molar-refractivity contribution in [3.05, 3.63) is 36.9 Å². The van der Waals surface area contributed by atoms with Crippen molar-refractivity contribution in [1.82, 2.24) is 0 Å². The van der Waals surface area contributed by atoms with Crippen LogP contribution in [-0.2, 0) is 0 Å². The molecule has 48 valence electrons. The van der Waals surface area contributed by atoms with Gasteiger partial charge in [-0.15, -0.1) is 0 Å². The molecular formula is H12K4N6Na2. The molecule has 0 aliphatic heterocycles. The first kappa shape index (κ1) is 110. The quantitative estimate of drug-likeness (QED) is 0.382. The van der Waals surface area contributed by atoms with Gasteiger partial charge in [0.2, 0.25) is 0 Å². The van der Waals surface area contributed by atoms with Crippen LogP contribution >= 0.6 is 0 Å². The molecule has 0 rings (SSSR count). The Hall–Kier alpha value is 8.31. The predicted octanol–water partition coefficient (Wildman–Crippen LogP) is -13.7. The van der Waals surface area contributed by atoms with Crippen LogP contribution in [0.2, 0.25) is 0 Å². The largest absolute Gasteiger partial charge is 1.00 e. The zero-order valence-corrected chi connectivity index (χ0v) is 26.0. The monoisotopic (exact) mass is 298 g/mol. The number of rotatable bonds is 0. The molecule has 0 aromatic heterocycles. The Morgan fingerprint density at radius 3 is 0.250 bits per heavy atom. The first-order chi connectivity index (χ1) is 0. The van der Waals surface area contributed by atoms with Gasteiger partial charge in [-0.3, -0.25) is 0 Å². The van der Waals surface area contributed by atoms with E-state index in [1.807, 2.05) is 0 Å². The molecule has 6 nitrogen and oxygen atoms in total. The molecule has 0 radical (unpaired) electrons. The van der Waals surface area contributed by atoms with E-state index in [9.17, 15) is 0 Å². The van der Waals surface area contributed by atoms with Gasteiger partial charge in [-0.05, 0) is 0 Å². The molecule has 0 aromatic rings. The maximum atomic E-state index is 0. The van der Waals surface area contributed by atoms with Crippen molar-refractivity contribution >= 4 is 0 Å². The van der Waals surface area contributed by atoms with E-state index in [4.69, 9.17) is 0 Å². The van der Waals surface area contributed by atoms with E-state index in [0.29, 0.717) is 0 Å². The minimum atomic E-state index is 0. The molecule has 0 heterocycles. The summed E-state index contributed by atoms with van der Waals surface area (Å²) in [5, 5.41) is 0. The second-order valence-electron chi connectivity index (χ2n) is 0.